The smallest absolute Gasteiger partial charge is 0.363 e. The fraction of sp³-hybridized carbons (Fsp3) is 0. The molecule has 0 amide bonds. The maximum absolute atomic E-state index is 12.2. The summed E-state index contributed by atoms with van der Waals surface area (Å²) in [7, 11) is 0. The van der Waals surface area contributed by atoms with Crippen LogP contribution in [0.15, 0.2) is 71.4 Å². The lowest BCUT2D eigenvalue weighted by Crippen LogP contribution is -2.06. The van der Waals surface area contributed by atoms with Gasteiger partial charge in [-0.2, -0.15) is 0 Å². The first kappa shape index (κ1) is 16.3. The van der Waals surface area contributed by atoms with Crippen molar-refractivity contribution in [2.75, 3.05) is 0 Å². The van der Waals surface area contributed by atoms with Crippen LogP contribution >= 0.6 is 34.2 Å². The molecule has 1 aliphatic heterocycles. The largest absolute Gasteiger partial charge is 0.402 e. The number of esters is 1. The predicted molar refractivity (Wildman–Crippen MR) is 109 cm³/mol. The van der Waals surface area contributed by atoms with Gasteiger partial charge in [-0.05, 0) is 69.3 Å². The van der Waals surface area contributed by atoms with E-state index >= 15 is 0 Å². The average Bonchev–Trinajstić information content (AvgIpc) is 2.97. The zero-order valence-corrected chi connectivity index (χ0v) is 15.8. The number of hydrogen-bond donors (Lipinski definition) is 0. The van der Waals surface area contributed by atoms with E-state index < -0.39 is 5.97 Å². The molecule has 0 atom stereocenters. The van der Waals surface area contributed by atoms with Crippen molar-refractivity contribution in [2.24, 2.45) is 4.99 Å². The second-order valence-corrected chi connectivity index (χ2v) is 7.22. The van der Waals surface area contributed by atoms with Crippen LogP contribution < -0.4 is 0 Å². The van der Waals surface area contributed by atoms with E-state index in [4.69, 9.17) is 16.3 Å². The van der Waals surface area contributed by atoms with Crippen LogP contribution in [-0.4, -0.2) is 11.9 Å². The van der Waals surface area contributed by atoms with Crippen LogP contribution in [0.4, 0.5) is 0 Å². The Labute approximate surface area is 163 Å². The normalized spacial score (nSPS) is 15.5. The van der Waals surface area contributed by atoms with Crippen LogP contribution in [0.5, 0.6) is 0 Å². The van der Waals surface area contributed by atoms with Crippen LogP contribution in [0, 0.1) is 3.57 Å². The standard InChI is InChI=1S/C20H11ClINO2/c21-17-8-7-15(22)11-16(17)19-23-18(20(24)25-19)10-12-5-6-13-3-1-2-4-14(13)9-12/h1-11H/b18-10-. The van der Waals surface area contributed by atoms with Crippen molar-refractivity contribution in [2.45, 2.75) is 0 Å². The van der Waals surface area contributed by atoms with E-state index in [1.807, 2.05) is 54.6 Å². The molecule has 4 rings (SSSR count). The third-order valence-corrected chi connectivity index (χ3v) is 4.86. The third-order valence-electron chi connectivity index (χ3n) is 3.86. The molecule has 0 saturated carbocycles. The van der Waals surface area contributed by atoms with Gasteiger partial charge < -0.3 is 4.74 Å². The predicted octanol–water partition coefficient (Wildman–Crippen LogP) is 5.44. The molecule has 1 heterocycles. The highest BCUT2D eigenvalue weighted by molar-refractivity contribution is 14.1. The maximum Gasteiger partial charge on any atom is 0.363 e. The van der Waals surface area contributed by atoms with Gasteiger partial charge in [0.1, 0.15) is 0 Å². The first-order chi connectivity index (χ1) is 12.1. The molecule has 0 N–H and O–H groups in total. The fourth-order valence-electron chi connectivity index (χ4n) is 2.64. The number of fused-ring (bicyclic) bond motifs is 1. The molecule has 1 aliphatic rings. The summed E-state index contributed by atoms with van der Waals surface area (Å²) in [5, 5.41) is 2.75. The van der Waals surface area contributed by atoms with E-state index in [0.717, 1.165) is 19.9 Å². The second kappa shape index (κ2) is 6.61. The lowest BCUT2D eigenvalue weighted by atomic mass is 10.1. The summed E-state index contributed by atoms with van der Waals surface area (Å²) >= 11 is 8.38. The quantitative estimate of drug-likeness (QED) is 0.291. The van der Waals surface area contributed by atoms with E-state index in [2.05, 4.69) is 27.6 Å². The molecule has 3 aromatic rings. The Morgan fingerprint density at radius 1 is 1.00 bits per heavy atom. The summed E-state index contributed by atoms with van der Waals surface area (Å²) in [4.78, 5) is 16.5. The number of benzene rings is 3. The molecule has 0 bridgehead atoms. The summed E-state index contributed by atoms with van der Waals surface area (Å²) in [6, 6.07) is 19.5. The molecule has 0 saturated heterocycles. The lowest BCUT2D eigenvalue weighted by molar-refractivity contribution is -0.129. The Kier molecular flexibility index (Phi) is 4.31. The van der Waals surface area contributed by atoms with E-state index in [9.17, 15) is 4.79 Å². The first-order valence-electron chi connectivity index (χ1n) is 7.57. The van der Waals surface area contributed by atoms with Gasteiger partial charge in [-0.25, -0.2) is 9.79 Å². The highest BCUT2D eigenvalue weighted by atomic mass is 127. The maximum atomic E-state index is 12.2. The Bertz CT molecular complexity index is 1070. The summed E-state index contributed by atoms with van der Waals surface area (Å²) < 4.78 is 6.30. The number of cyclic esters (lactones) is 1. The Morgan fingerprint density at radius 2 is 1.80 bits per heavy atom. The summed E-state index contributed by atoms with van der Waals surface area (Å²) in [6.07, 6.45) is 1.73. The molecule has 3 aromatic carbocycles. The van der Waals surface area contributed by atoms with Gasteiger partial charge in [-0.15, -0.1) is 0 Å². The van der Waals surface area contributed by atoms with Gasteiger partial charge in [-0.1, -0.05) is 48.0 Å². The van der Waals surface area contributed by atoms with Crippen molar-refractivity contribution in [3.63, 3.8) is 0 Å². The number of aliphatic imine (C=N–C) groups is 1. The second-order valence-electron chi connectivity index (χ2n) is 5.57. The van der Waals surface area contributed by atoms with Crippen LogP contribution in [-0.2, 0) is 9.53 Å². The van der Waals surface area contributed by atoms with E-state index in [0.29, 0.717) is 10.6 Å². The molecular weight excluding hydrogens is 449 g/mol. The number of nitrogens with zero attached hydrogens (tertiary/aromatic N) is 1. The summed E-state index contributed by atoms with van der Waals surface area (Å²) in [5.74, 6) is -0.237. The number of carbonyl (C=O) groups excluding carboxylic acids is 1. The molecule has 0 aliphatic carbocycles. The molecule has 0 radical (unpaired) electrons. The summed E-state index contributed by atoms with van der Waals surface area (Å²) in [5.41, 5.74) is 1.77. The van der Waals surface area contributed by atoms with Crippen molar-refractivity contribution < 1.29 is 9.53 Å². The van der Waals surface area contributed by atoms with Crippen molar-refractivity contribution >= 4 is 62.9 Å². The van der Waals surface area contributed by atoms with Gasteiger partial charge in [-0.3, -0.25) is 0 Å². The molecule has 0 spiro atoms. The summed E-state index contributed by atoms with van der Waals surface area (Å²) in [6.45, 7) is 0. The lowest BCUT2D eigenvalue weighted by Gasteiger charge is -2.02. The number of carbonyl (C=O) groups is 1. The number of halogens is 2. The Hall–Kier alpha value is -2.18. The van der Waals surface area contributed by atoms with E-state index in [-0.39, 0.29) is 11.6 Å². The van der Waals surface area contributed by atoms with Gasteiger partial charge >= 0.3 is 5.97 Å². The molecule has 122 valence electrons. The van der Waals surface area contributed by atoms with Gasteiger partial charge in [0.25, 0.3) is 0 Å². The van der Waals surface area contributed by atoms with Crippen LogP contribution in [0.25, 0.3) is 16.8 Å². The molecule has 0 aromatic heterocycles. The van der Waals surface area contributed by atoms with Crippen LogP contribution in [0.2, 0.25) is 5.02 Å². The monoisotopic (exact) mass is 459 g/mol. The van der Waals surface area contributed by atoms with Crippen molar-refractivity contribution in [3.8, 4) is 0 Å². The minimum atomic E-state index is -0.474. The van der Waals surface area contributed by atoms with Gasteiger partial charge in [0.05, 0.1) is 10.6 Å². The topological polar surface area (TPSA) is 38.7 Å². The Morgan fingerprint density at radius 3 is 2.64 bits per heavy atom. The van der Waals surface area contributed by atoms with Gasteiger partial charge in [0.2, 0.25) is 5.90 Å². The molecule has 3 nitrogen and oxygen atoms in total. The molecular formula is C20H11ClINO2. The number of rotatable bonds is 2. The van der Waals surface area contributed by atoms with Crippen LogP contribution in [0.1, 0.15) is 11.1 Å². The van der Waals surface area contributed by atoms with Crippen molar-refractivity contribution in [1.82, 2.24) is 0 Å². The highest BCUT2D eigenvalue weighted by Crippen LogP contribution is 2.26. The number of ether oxygens (including phenoxy) is 1. The van der Waals surface area contributed by atoms with Crippen molar-refractivity contribution in [1.29, 1.82) is 0 Å². The van der Waals surface area contributed by atoms with Gasteiger partial charge in [0.15, 0.2) is 5.70 Å². The zero-order chi connectivity index (χ0) is 17.4. The Balaban J connectivity index is 1.73. The zero-order valence-electron chi connectivity index (χ0n) is 12.9. The van der Waals surface area contributed by atoms with Crippen molar-refractivity contribution in [3.05, 3.63) is 86.1 Å². The minimum absolute atomic E-state index is 0.237. The average molecular weight is 460 g/mol. The third kappa shape index (κ3) is 3.32. The van der Waals surface area contributed by atoms with Gasteiger partial charge in [0, 0.05) is 3.57 Å². The first-order valence-corrected chi connectivity index (χ1v) is 9.03. The van der Waals surface area contributed by atoms with E-state index in [1.165, 1.54) is 0 Å². The number of hydrogen-bond acceptors (Lipinski definition) is 3. The fourth-order valence-corrected chi connectivity index (χ4v) is 3.33. The minimum Gasteiger partial charge on any atom is -0.402 e. The van der Waals surface area contributed by atoms with Crippen LogP contribution in [0.3, 0.4) is 0 Å². The van der Waals surface area contributed by atoms with E-state index in [1.54, 1.807) is 12.1 Å². The molecule has 5 heteroatoms. The SMILES string of the molecule is O=C1OC(c2cc(I)ccc2Cl)=N/C1=C\c1ccc2ccccc2c1. The molecule has 25 heavy (non-hydrogen) atoms. The molecule has 0 unspecified atom stereocenters. The highest BCUT2D eigenvalue weighted by Gasteiger charge is 2.25. The molecule has 0 fully saturated rings.